The fourth-order valence-electron chi connectivity index (χ4n) is 0.0514. The first kappa shape index (κ1) is 22.8. The van der Waals surface area contributed by atoms with Crippen LogP contribution in [0.25, 0.3) is 0 Å². The van der Waals surface area contributed by atoms with Crippen LogP contribution in [0.3, 0.4) is 0 Å². The average molecular weight is 306 g/mol. The normalized spacial score (nSPS) is 10.3. The first-order valence-corrected chi connectivity index (χ1v) is 3.37. The van der Waals surface area contributed by atoms with Crippen molar-refractivity contribution in [2.45, 2.75) is 10.4 Å². The van der Waals surface area contributed by atoms with Gasteiger partial charge in [0.1, 0.15) is 0 Å². The SMILES string of the molecule is Cl.Cl.Cl.ClC(Cl)C(Cl)[O][Ti]. The van der Waals surface area contributed by atoms with E-state index in [1.165, 1.54) is 20.8 Å². The quantitative estimate of drug-likeness (QED) is 0.563. The van der Waals surface area contributed by atoms with Gasteiger partial charge in [0, 0.05) is 0 Å². The summed E-state index contributed by atoms with van der Waals surface area (Å²) in [5, 5.41) is 0. The van der Waals surface area contributed by atoms with E-state index in [4.69, 9.17) is 34.8 Å². The van der Waals surface area contributed by atoms with E-state index in [1.54, 1.807) is 0 Å². The van der Waals surface area contributed by atoms with Gasteiger partial charge in [-0.15, -0.1) is 37.2 Å². The molecule has 0 aromatic carbocycles. The average Bonchev–Trinajstić information content (AvgIpc) is 1.65. The molecular weight excluding hydrogens is 301 g/mol. The second kappa shape index (κ2) is 14.0. The van der Waals surface area contributed by atoms with Crippen molar-refractivity contribution in [1.29, 1.82) is 0 Å². The number of hydrogen-bond donors (Lipinski definition) is 0. The van der Waals surface area contributed by atoms with Crippen LogP contribution in [-0.4, -0.2) is 10.4 Å². The Balaban J connectivity index is -0.0000000600. The van der Waals surface area contributed by atoms with Crippen LogP contribution >= 0.6 is 72.0 Å². The van der Waals surface area contributed by atoms with Gasteiger partial charge in [0.05, 0.1) is 0 Å². The molecule has 0 saturated carbocycles. The number of halogens is 6. The van der Waals surface area contributed by atoms with Gasteiger partial charge in [0.15, 0.2) is 0 Å². The number of hydrogen-bond acceptors (Lipinski definition) is 1. The fourth-order valence-corrected chi connectivity index (χ4v) is 0.636. The van der Waals surface area contributed by atoms with E-state index in [1.807, 2.05) is 0 Å². The minimum atomic E-state index is -0.647. The molecule has 0 heterocycles. The Kier molecular flexibility index (Phi) is 31.9. The van der Waals surface area contributed by atoms with Crippen LogP contribution in [0.2, 0.25) is 0 Å². The molecule has 0 spiro atoms. The summed E-state index contributed by atoms with van der Waals surface area (Å²) >= 11 is 17.2. The van der Waals surface area contributed by atoms with Crippen LogP contribution in [0.5, 0.6) is 0 Å². The van der Waals surface area contributed by atoms with Crippen LogP contribution in [0.4, 0.5) is 0 Å². The molecule has 0 aliphatic heterocycles. The van der Waals surface area contributed by atoms with Gasteiger partial charge >= 0.3 is 69.3 Å². The molecule has 1 atom stereocenters. The maximum atomic E-state index is 5.31. The van der Waals surface area contributed by atoms with Gasteiger partial charge in [-0.25, -0.2) is 0 Å². The van der Waals surface area contributed by atoms with Crippen molar-refractivity contribution < 1.29 is 24.1 Å². The minimum absolute atomic E-state index is 0. The third-order valence-corrected chi connectivity index (χ3v) is 2.00. The monoisotopic (exact) mass is 303 g/mol. The molecule has 0 aromatic rings. The zero-order valence-electron chi connectivity index (χ0n) is 4.42. The van der Waals surface area contributed by atoms with Crippen LogP contribution in [0.15, 0.2) is 0 Å². The van der Waals surface area contributed by atoms with E-state index in [2.05, 4.69) is 3.32 Å². The molecule has 8 heteroatoms. The predicted octanol–water partition coefficient (Wildman–Crippen LogP) is 3.10. The summed E-state index contributed by atoms with van der Waals surface area (Å²) < 4.78 is 4.51. The molecule has 1 nitrogen and oxygen atoms in total. The molecule has 0 saturated heterocycles. The topological polar surface area (TPSA) is 9.23 Å². The predicted molar refractivity (Wildman–Crippen MR) is 48.0 cm³/mol. The van der Waals surface area contributed by atoms with E-state index in [0.717, 1.165) is 0 Å². The van der Waals surface area contributed by atoms with Crippen molar-refractivity contribution in [1.82, 2.24) is 0 Å². The van der Waals surface area contributed by atoms with E-state index in [9.17, 15) is 0 Å². The second-order valence-corrected chi connectivity index (χ2v) is 2.77. The molecular formula is C2H5Cl6OTi. The van der Waals surface area contributed by atoms with Crippen molar-refractivity contribution in [3.8, 4) is 0 Å². The van der Waals surface area contributed by atoms with Crippen molar-refractivity contribution in [3.63, 3.8) is 0 Å². The van der Waals surface area contributed by atoms with Gasteiger partial charge in [-0.2, -0.15) is 0 Å². The molecule has 0 amide bonds. The Labute approximate surface area is 106 Å². The molecule has 0 fully saturated rings. The zero-order chi connectivity index (χ0) is 5.86. The van der Waals surface area contributed by atoms with Crippen LogP contribution < -0.4 is 0 Å². The Morgan fingerprint density at radius 2 is 1.30 bits per heavy atom. The summed E-state index contributed by atoms with van der Waals surface area (Å²) in [6.07, 6.45) is 0. The van der Waals surface area contributed by atoms with Crippen molar-refractivity contribution in [3.05, 3.63) is 0 Å². The fraction of sp³-hybridized carbons (Fsp3) is 1.00. The van der Waals surface area contributed by atoms with Gasteiger partial charge < -0.3 is 0 Å². The van der Waals surface area contributed by atoms with Crippen LogP contribution in [0, 0.1) is 0 Å². The molecule has 0 N–H and O–H groups in total. The van der Waals surface area contributed by atoms with Gasteiger partial charge in [-0.05, 0) is 0 Å². The Hall–Kier alpha value is 2.41. The number of rotatable bonds is 2. The van der Waals surface area contributed by atoms with Crippen LogP contribution in [-0.2, 0) is 24.1 Å². The third-order valence-electron chi connectivity index (χ3n) is 0.311. The standard InChI is InChI=1S/C2H2Cl3O.3ClH.Ti/c3-1(4)2(5)6;;;;/h1-2H;3*1H;/q-1;;;;+1. The molecule has 1 unspecified atom stereocenters. The Morgan fingerprint density at radius 3 is 1.30 bits per heavy atom. The molecule has 0 aromatic heterocycles. The van der Waals surface area contributed by atoms with Crippen molar-refractivity contribution in [2.24, 2.45) is 0 Å². The molecule has 0 bridgehead atoms. The van der Waals surface area contributed by atoms with Gasteiger partial charge in [0.2, 0.25) is 0 Å². The molecule has 10 heavy (non-hydrogen) atoms. The van der Waals surface area contributed by atoms with E-state index in [0.29, 0.717) is 0 Å². The molecule has 0 aliphatic carbocycles. The van der Waals surface area contributed by atoms with Gasteiger partial charge in [-0.1, -0.05) is 0 Å². The summed E-state index contributed by atoms with van der Waals surface area (Å²) in [7, 11) is 0. The van der Waals surface area contributed by atoms with Crippen LogP contribution in [0.1, 0.15) is 0 Å². The summed E-state index contributed by atoms with van der Waals surface area (Å²) in [6.45, 7) is 0. The molecule has 65 valence electrons. The van der Waals surface area contributed by atoms with E-state index < -0.39 is 10.4 Å². The van der Waals surface area contributed by atoms with Crippen molar-refractivity contribution in [2.75, 3.05) is 0 Å². The van der Waals surface area contributed by atoms with E-state index >= 15 is 0 Å². The molecule has 0 radical (unpaired) electrons. The summed E-state index contributed by atoms with van der Waals surface area (Å²) in [4.78, 5) is -0.647. The van der Waals surface area contributed by atoms with Gasteiger partial charge in [-0.3, -0.25) is 0 Å². The summed E-state index contributed by atoms with van der Waals surface area (Å²) in [5.74, 6) is 0. The second-order valence-electron chi connectivity index (χ2n) is 0.803. The molecule has 0 aliphatic rings. The third kappa shape index (κ3) is 13.0. The summed E-state index contributed by atoms with van der Waals surface area (Å²) in [6, 6.07) is 0. The van der Waals surface area contributed by atoms with Gasteiger partial charge in [0.25, 0.3) is 0 Å². The zero-order valence-corrected chi connectivity index (χ0v) is 10.7. The first-order valence-electron chi connectivity index (χ1n) is 1.43. The molecule has 0 rings (SSSR count). The van der Waals surface area contributed by atoms with Crippen molar-refractivity contribution >= 4 is 72.0 Å². The Morgan fingerprint density at radius 1 is 1.00 bits per heavy atom. The van der Waals surface area contributed by atoms with E-state index in [-0.39, 0.29) is 37.2 Å². The summed E-state index contributed by atoms with van der Waals surface area (Å²) in [5.41, 5.74) is -0.594. The number of alkyl halides is 3. The first-order chi connectivity index (χ1) is 3.18. The Bertz CT molecular complexity index is 53.0. The maximum absolute atomic E-state index is 5.31.